The van der Waals surface area contributed by atoms with Gasteiger partial charge in [0.25, 0.3) is 0 Å². The molecule has 119 valence electrons. The first kappa shape index (κ1) is 16.3. The van der Waals surface area contributed by atoms with E-state index in [1.807, 2.05) is 55.7 Å². The number of benzene rings is 2. The van der Waals surface area contributed by atoms with Crippen LogP contribution in [0.25, 0.3) is 11.1 Å². The first-order chi connectivity index (χ1) is 11.7. The van der Waals surface area contributed by atoms with Gasteiger partial charge in [-0.2, -0.15) is 0 Å². The van der Waals surface area contributed by atoms with Crippen molar-refractivity contribution in [2.75, 3.05) is 18.0 Å². The molecule has 24 heavy (non-hydrogen) atoms. The van der Waals surface area contributed by atoms with Gasteiger partial charge in [-0.15, -0.1) is 5.98 Å². The van der Waals surface area contributed by atoms with Gasteiger partial charge in [0.2, 0.25) is 0 Å². The Kier molecular flexibility index (Phi) is 5.00. The molecule has 1 aliphatic heterocycles. The predicted octanol–water partition coefficient (Wildman–Crippen LogP) is 4.50. The molecule has 0 amide bonds. The highest BCUT2D eigenvalue weighted by atomic mass is 16.1. The van der Waals surface area contributed by atoms with Crippen LogP contribution in [0.1, 0.15) is 24.2 Å². The minimum atomic E-state index is 0.0847. The summed E-state index contributed by atoms with van der Waals surface area (Å²) in [4.78, 5) is 15.1. The maximum Gasteiger partial charge on any atom is 0.186 e. The highest BCUT2D eigenvalue weighted by Gasteiger charge is 2.20. The lowest BCUT2D eigenvalue weighted by Gasteiger charge is -2.25. The van der Waals surface area contributed by atoms with Gasteiger partial charge in [-0.05, 0) is 42.6 Å². The molecule has 0 fully saturated rings. The Balaban J connectivity index is 2.06. The van der Waals surface area contributed by atoms with Crippen LogP contribution in [0.15, 0.2) is 72.1 Å². The molecule has 2 aromatic carbocycles. The van der Waals surface area contributed by atoms with Gasteiger partial charge in [-0.3, -0.25) is 4.79 Å². The number of ketones is 1. The standard InChI is InChI=1S/C21H21BNO/c1-3-23(4-2)20-15-17(16-9-6-5-7-10-16)12-13-18(20)21(24)19-11-8-14-22-19/h5-15H,3-4H2,1-2H3. The Labute approximate surface area is 144 Å². The lowest BCUT2D eigenvalue weighted by atomic mass is 9.70. The zero-order valence-electron chi connectivity index (χ0n) is 14.2. The zero-order valence-corrected chi connectivity index (χ0v) is 14.2. The summed E-state index contributed by atoms with van der Waals surface area (Å²) in [6.45, 7) is 5.98. The summed E-state index contributed by atoms with van der Waals surface area (Å²) in [5.41, 5.74) is 4.82. The van der Waals surface area contributed by atoms with Crippen LogP contribution in [0.5, 0.6) is 0 Å². The van der Waals surface area contributed by atoms with E-state index in [0.717, 1.165) is 35.4 Å². The molecule has 3 heteroatoms. The fourth-order valence-electron chi connectivity index (χ4n) is 3.04. The summed E-state index contributed by atoms with van der Waals surface area (Å²) in [7, 11) is 1.87. The summed E-state index contributed by atoms with van der Waals surface area (Å²) < 4.78 is 0. The van der Waals surface area contributed by atoms with Gasteiger partial charge in [0.05, 0.1) is 0 Å². The predicted molar refractivity (Wildman–Crippen MR) is 103 cm³/mol. The van der Waals surface area contributed by atoms with Crippen molar-refractivity contribution in [3.63, 3.8) is 0 Å². The van der Waals surface area contributed by atoms with Crippen LogP contribution in [0.4, 0.5) is 5.69 Å². The van der Waals surface area contributed by atoms with Crippen LogP contribution in [0.2, 0.25) is 0 Å². The number of rotatable bonds is 6. The SMILES string of the molecule is CCN(CC)c1cc(-c2ccccc2)ccc1C(=O)C1=CC=C[B]1. The summed E-state index contributed by atoms with van der Waals surface area (Å²) >= 11 is 0. The van der Waals surface area contributed by atoms with Crippen LogP contribution in [0, 0.1) is 0 Å². The molecule has 0 aromatic heterocycles. The fourth-order valence-corrected chi connectivity index (χ4v) is 3.04. The fraction of sp³-hybridized carbons (Fsp3) is 0.190. The highest BCUT2D eigenvalue weighted by molar-refractivity contribution is 6.61. The van der Waals surface area contributed by atoms with E-state index in [1.165, 1.54) is 5.56 Å². The van der Waals surface area contributed by atoms with Crippen molar-refractivity contribution in [2.24, 2.45) is 0 Å². The van der Waals surface area contributed by atoms with E-state index in [1.54, 1.807) is 0 Å². The van der Waals surface area contributed by atoms with Crippen molar-refractivity contribution >= 4 is 18.8 Å². The molecule has 0 bridgehead atoms. The summed E-state index contributed by atoms with van der Waals surface area (Å²) in [5.74, 6) is 1.99. The van der Waals surface area contributed by atoms with Crippen molar-refractivity contribution in [3.05, 3.63) is 77.7 Å². The maximum absolute atomic E-state index is 12.9. The Bertz CT molecular complexity index is 789. The minimum Gasteiger partial charge on any atom is -0.371 e. The molecular formula is C21H21BNO. The van der Waals surface area contributed by atoms with Gasteiger partial charge < -0.3 is 4.90 Å². The number of hydrogen-bond donors (Lipinski definition) is 0. The molecule has 3 rings (SSSR count). The largest absolute Gasteiger partial charge is 0.371 e. The number of hydrogen-bond acceptors (Lipinski definition) is 2. The van der Waals surface area contributed by atoms with E-state index >= 15 is 0 Å². The summed E-state index contributed by atoms with van der Waals surface area (Å²) in [5, 5.41) is 0. The van der Waals surface area contributed by atoms with E-state index in [9.17, 15) is 4.79 Å². The van der Waals surface area contributed by atoms with Crippen LogP contribution >= 0.6 is 0 Å². The number of carbonyl (C=O) groups is 1. The number of nitrogens with zero attached hydrogens (tertiary/aromatic N) is 1. The Hall–Kier alpha value is -2.55. The van der Waals surface area contributed by atoms with Gasteiger partial charge in [0, 0.05) is 24.3 Å². The number of Topliss-reactive ketones (excluding diaryl/α,β-unsaturated/α-hetero) is 1. The second-order valence-corrected chi connectivity index (χ2v) is 5.77. The third kappa shape index (κ3) is 3.21. The lowest BCUT2D eigenvalue weighted by molar-refractivity contribution is 0.104. The van der Waals surface area contributed by atoms with Crippen molar-refractivity contribution in [3.8, 4) is 11.1 Å². The molecule has 0 atom stereocenters. The number of carbonyl (C=O) groups excluding carboxylic acids is 1. The van der Waals surface area contributed by atoms with Crippen LogP contribution in [0.3, 0.4) is 0 Å². The van der Waals surface area contributed by atoms with Crippen LogP contribution in [-0.4, -0.2) is 26.2 Å². The van der Waals surface area contributed by atoms with Gasteiger partial charge >= 0.3 is 0 Å². The highest BCUT2D eigenvalue weighted by Crippen LogP contribution is 2.30. The summed E-state index contributed by atoms with van der Waals surface area (Å²) in [6, 6.07) is 16.4. The normalized spacial score (nSPS) is 12.7. The number of anilines is 1. The average molecular weight is 314 g/mol. The van der Waals surface area contributed by atoms with E-state index in [4.69, 9.17) is 0 Å². The summed E-state index contributed by atoms with van der Waals surface area (Å²) in [6.07, 6.45) is 3.78. The van der Waals surface area contributed by atoms with Gasteiger partial charge in [-0.25, -0.2) is 0 Å². The zero-order chi connectivity index (χ0) is 16.9. The second-order valence-electron chi connectivity index (χ2n) is 5.77. The molecule has 2 nitrogen and oxygen atoms in total. The smallest absolute Gasteiger partial charge is 0.186 e. The Morgan fingerprint density at radius 2 is 1.75 bits per heavy atom. The van der Waals surface area contributed by atoms with Crippen molar-refractivity contribution in [1.29, 1.82) is 0 Å². The lowest BCUT2D eigenvalue weighted by Crippen LogP contribution is -2.24. The van der Waals surface area contributed by atoms with Crippen molar-refractivity contribution < 1.29 is 4.79 Å². The molecule has 0 aliphatic carbocycles. The van der Waals surface area contributed by atoms with Crippen LogP contribution < -0.4 is 4.90 Å². The van der Waals surface area contributed by atoms with E-state index in [2.05, 4.69) is 36.9 Å². The quantitative estimate of drug-likeness (QED) is 0.578. The molecule has 0 saturated carbocycles. The second kappa shape index (κ2) is 7.35. The van der Waals surface area contributed by atoms with Crippen molar-refractivity contribution in [2.45, 2.75) is 13.8 Å². The van der Waals surface area contributed by atoms with E-state index in [-0.39, 0.29) is 5.78 Å². The number of allylic oxidation sites excluding steroid dienone is 3. The molecule has 1 radical (unpaired) electrons. The molecule has 1 aliphatic rings. The van der Waals surface area contributed by atoms with Gasteiger partial charge in [0.1, 0.15) is 0 Å². The minimum absolute atomic E-state index is 0.0847. The van der Waals surface area contributed by atoms with E-state index < -0.39 is 0 Å². The molecule has 0 unspecified atom stereocenters. The molecule has 1 heterocycles. The maximum atomic E-state index is 12.9. The van der Waals surface area contributed by atoms with Crippen molar-refractivity contribution in [1.82, 2.24) is 0 Å². The molecule has 2 aromatic rings. The van der Waals surface area contributed by atoms with Gasteiger partial charge in [0.15, 0.2) is 13.1 Å². The Morgan fingerprint density at radius 1 is 1.00 bits per heavy atom. The topological polar surface area (TPSA) is 20.3 Å². The Morgan fingerprint density at radius 3 is 2.38 bits per heavy atom. The third-order valence-electron chi connectivity index (χ3n) is 4.38. The van der Waals surface area contributed by atoms with Gasteiger partial charge in [-0.1, -0.05) is 48.6 Å². The average Bonchev–Trinajstić information content (AvgIpc) is 3.17. The third-order valence-corrected chi connectivity index (χ3v) is 4.38. The molecular weight excluding hydrogens is 293 g/mol. The monoisotopic (exact) mass is 314 g/mol. The molecule has 0 saturated heterocycles. The molecule has 0 spiro atoms. The first-order valence-corrected chi connectivity index (χ1v) is 8.45. The first-order valence-electron chi connectivity index (χ1n) is 8.45. The molecule has 0 N–H and O–H groups in total. The van der Waals surface area contributed by atoms with Crippen LogP contribution in [-0.2, 0) is 0 Å². The van der Waals surface area contributed by atoms with E-state index in [0.29, 0.717) is 0 Å².